The summed E-state index contributed by atoms with van der Waals surface area (Å²) in [4.78, 5) is 26.2. The Labute approximate surface area is 183 Å². The van der Waals surface area contributed by atoms with Crippen molar-refractivity contribution in [2.24, 2.45) is 0 Å². The number of amides is 2. The maximum absolute atomic E-state index is 12.7. The molecule has 2 amide bonds. The maximum Gasteiger partial charge on any atom is 0.267 e. The zero-order valence-corrected chi connectivity index (χ0v) is 17.6. The summed E-state index contributed by atoms with van der Waals surface area (Å²) in [6.07, 6.45) is 3.50. The molecule has 4 aromatic rings. The summed E-state index contributed by atoms with van der Waals surface area (Å²) in [7, 11) is 1.53. The third kappa shape index (κ3) is 4.62. The molecule has 6 nitrogen and oxygen atoms in total. The highest BCUT2D eigenvalue weighted by Gasteiger charge is 2.17. The number of likely N-dealkylation sites (N-methyl/N-ethyl adjacent to an activating group) is 1. The molecule has 0 aliphatic heterocycles. The molecule has 0 bridgehead atoms. The van der Waals surface area contributed by atoms with Crippen molar-refractivity contribution in [3.63, 3.8) is 0 Å². The van der Waals surface area contributed by atoms with Gasteiger partial charge in [0.05, 0.1) is 10.6 Å². The third-order valence-electron chi connectivity index (χ3n) is 4.57. The lowest BCUT2D eigenvalue weighted by Crippen LogP contribution is -2.33. The van der Waals surface area contributed by atoms with Crippen molar-refractivity contribution in [2.45, 2.75) is 0 Å². The maximum atomic E-state index is 12.7. The highest BCUT2D eigenvalue weighted by atomic mass is 32.1. The van der Waals surface area contributed by atoms with Crippen LogP contribution in [0.4, 0.5) is 0 Å². The lowest BCUT2D eigenvalue weighted by molar-refractivity contribution is -0.117. The van der Waals surface area contributed by atoms with E-state index < -0.39 is 5.91 Å². The molecule has 0 saturated heterocycles. The van der Waals surface area contributed by atoms with Crippen LogP contribution in [-0.2, 0) is 4.79 Å². The molecule has 2 heterocycles. The van der Waals surface area contributed by atoms with Crippen molar-refractivity contribution in [3.8, 4) is 16.3 Å². The lowest BCUT2D eigenvalue weighted by atomic mass is 10.1. The quantitative estimate of drug-likeness (QED) is 0.454. The van der Waals surface area contributed by atoms with E-state index in [1.807, 2.05) is 60.1 Å². The van der Waals surface area contributed by atoms with Gasteiger partial charge in [-0.1, -0.05) is 42.5 Å². The third-order valence-corrected chi connectivity index (χ3v) is 5.45. The van der Waals surface area contributed by atoms with E-state index in [1.54, 1.807) is 46.4 Å². The van der Waals surface area contributed by atoms with Crippen molar-refractivity contribution in [3.05, 3.63) is 101 Å². The second-order valence-corrected chi connectivity index (χ2v) is 7.60. The van der Waals surface area contributed by atoms with E-state index in [9.17, 15) is 9.59 Å². The van der Waals surface area contributed by atoms with Crippen LogP contribution in [-0.4, -0.2) is 28.6 Å². The Morgan fingerprint density at radius 2 is 1.68 bits per heavy atom. The SMILES string of the molecule is CNC(=O)C(=Cc1cn(-c2ccccc2)nc1-c1cccs1)NC(=O)c1ccccc1. The van der Waals surface area contributed by atoms with Crippen molar-refractivity contribution >= 4 is 29.2 Å². The van der Waals surface area contributed by atoms with Gasteiger partial charge < -0.3 is 10.6 Å². The van der Waals surface area contributed by atoms with E-state index in [0.717, 1.165) is 21.8 Å². The van der Waals surface area contributed by atoms with Crippen LogP contribution in [0.25, 0.3) is 22.3 Å². The number of para-hydroxylation sites is 1. The van der Waals surface area contributed by atoms with Crippen LogP contribution in [0.5, 0.6) is 0 Å². The van der Waals surface area contributed by atoms with Gasteiger partial charge in [-0.15, -0.1) is 11.3 Å². The summed E-state index contributed by atoms with van der Waals surface area (Å²) in [6, 6.07) is 22.4. The largest absolute Gasteiger partial charge is 0.354 e. The van der Waals surface area contributed by atoms with Gasteiger partial charge in [0.2, 0.25) is 0 Å². The van der Waals surface area contributed by atoms with Gasteiger partial charge in [0.1, 0.15) is 11.4 Å². The summed E-state index contributed by atoms with van der Waals surface area (Å²) in [6.45, 7) is 0. The molecule has 7 heteroatoms. The number of hydrogen-bond donors (Lipinski definition) is 2. The number of nitrogens with one attached hydrogen (secondary N) is 2. The van der Waals surface area contributed by atoms with Crippen molar-refractivity contribution in [2.75, 3.05) is 7.05 Å². The summed E-state index contributed by atoms with van der Waals surface area (Å²) >= 11 is 1.56. The van der Waals surface area contributed by atoms with Crippen LogP contribution in [0.15, 0.2) is 90.1 Å². The van der Waals surface area contributed by atoms with Crippen molar-refractivity contribution < 1.29 is 9.59 Å². The smallest absolute Gasteiger partial charge is 0.267 e. The fourth-order valence-electron chi connectivity index (χ4n) is 3.04. The zero-order chi connectivity index (χ0) is 21.6. The van der Waals surface area contributed by atoms with Gasteiger partial charge in [-0.3, -0.25) is 9.59 Å². The molecule has 0 fully saturated rings. The minimum absolute atomic E-state index is 0.141. The predicted octanol–water partition coefficient (Wildman–Crippen LogP) is 4.12. The van der Waals surface area contributed by atoms with Crippen LogP contribution in [0.3, 0.4) is 0 Å². The topological polar surface area (TPSA) is 76.0 Å². The molecule has 0 spiro atoms. The second kappa shape index (κ2) is 9.23. The molecule has 0 unspecified atom stereocenters. The Morgan fingerprint density at radius 1 is 0.968 bits per heavy atom. The summed E-state index contributed by atoms with van der Waals surface area (Å²) < 4.78 is 1.77. The monoisotopic (exact) mass is 428 g/mol. The fourth-order valence-corrected chi connectivity index (χ4v) is 3.77. The predicted molar refractivity (Wildman–Crippen MR) is 123 cm³/mol. The van der Waals surface area contributed by atoms with Gasteiger partial charge in [0.15, 0.2) is 0 Å². The van der Waals surface area contributed by atoms with E-state index in [1.165, 1.54) is 7.05 Å². The molecule has 2 N–H and O–H groups in total. The number of rotatable bonds is 6. The summed E-state index contributed by atoms with van der Waals surface area (Å²) in [5, 5.41) is 12.0. The zero-order valence-electron chi connectivity index (χ0n) is 16.8. The standard InChI is InChI=1S/C24H20N4O2S/c1-25-24(30)20(26-23(29)17-9-4-2-5-10-17)15-18-16-28(19-11-6-3-7-12-19)27-22(18)21-13-8-14-31-21/h2-16H,1H3,(H,25,30)(H,26,29). The van der Waals surface area contributed by atoms with Gasteiger partial charge in [-0.25, -0.2) is 4.68 Å². The molecule has 0 atom stereocenters. The van der Waals surface area contributed by atoms with Crippen LogP contribution in [0.2, 0.25) is 0 Å². The van der Waals surface area contributed by atoms with Crippen molar-refractivity contribution in [1.29, 1.82) is 0 Å². The Balaban J connectivity index is 1.76. The molecule has 2 aromatic carbocycles. The molecular weight excluding hydrogens is 408 g/mol. The average molecular weight is 429 g/mol. The summed E-state index contributed by atoms with van der Waals surface area (Å²) in [5.41, 5.74) is 2.96. The van der Waals surface area contributed by atoms with Crippen LogP contribution >= 0.6 is 11.3 Å². The molecule has 2 aromatic heterocycles. The molecular formula is C24H20N4O2S. The van der Waals surface area contributed by atoms with Gasteiger partial charge in [0, 0.05) is 24.4 Å². The first-order valence-electron chi connectivity index (χ1n) is 9.65. The van der Waals surface area contributed by atoms with Crippen LogP contribution in [0, 0.1) is 0 Å². The number of hydrogen-bond acceptors (Lipinski definition) is 4. The molecule has 31 heavy (non-hydrogen) atoms. The Bertz CT molecular complexity index is 1210. The van der Waals surface area contributed by atoms with E-state index in [-0.39, 0.29) is 11.6 Å². The number of thiophene rings is 1. The van der Waals surface area contributed by atoms with Gasteiger partial charge >= 0.3 is 0 Å². The minimum Gasteiger partial charge on any atom is -0.354 e. The first-order valence-corrected chi connectivity index (χ1v) is 10.5. The highest BCUT2D eigenvalue weighted by Crippen LogP contribution is 2.29. The van der Waals surface area contributed by atoms with Crippen molar-refractivity contribution in [1.82, 2.24) is 20.4 Å². The molecule has 0 saturated carbocycles. The Morgan fingerprint density at radius 3 is 2.32 bits per heavy atom. The summed E-state index contributed by atoms with van der Waals surface area (Å²) in [5.74, 6) is -0.752. The van der Waals surface area contributed by atoms with Crippen LogP contribution < -0.4 is 10.6 Å². The van der Waals surface area contributed by atoms with Gasteiger partial charge in [0.25, 0.3) is 11.8 Å². The second-order valence-electron chi connectivity index (χ2n) is 6.65. The highest BCUT2D eigenvalue weighted by molar-refractivity contribution is 7.13. The first kappa shape index (κ1) is 20.3. The van der Waals surface area contributed by atoms with E-state index in [4.69, 9.17) is 5.10 Å². The number of carbonyl (C=O) groups excluding carboxylic acids is 2. The average Bonchev–Trinajstić information content (AvgIpc) is 3.49. The molecule has 0 aliphatic rings. The van der Waals surface area contributed by atoms with E-state index in [2.05, 4.69) is 10.6 Å². The van der Waals surface area contributed by atoms with Crippen LogP contribution in [0.1, 0.15) is 15.9 Å². The fraction of sp³-hybridized carbons (Fsp3) is 0.0417. The first-order chi connectivity index (χ1) is 15.2. The number of nitrogens with zero attached hydrogens (tertiary/aromatic N) is 2. The van der Waals surface area contributed by atoms with Gasteiger partial charge in [-0.05, 0) is 41.8 Å². The number of benzene rings is 2. The van der Waals surface area contributed by atoms with E-state index in [0.29, 0.717) is 5.56 Å². The molecule has 0 radical (unpaired) electrons. The number of aromatic nitrogens is 2. The Kier molecular flexibility index (Phi) is 6.05. The molecule has 0 aliphatic carbocycles. The normalized spacial score (nSPS) is 11.2. The van der Waals surface area contributed by atoms with E-state index >= 15 is 0 Å². The molecule has 4 rings (SSSR count). The molecule has 154 valence electrons. The number of carbonyl (C=O) groups is 2. The minimum atomic E-state index is -0.395. The lowest BCUT2D eigenvalue weighted by Gasteiger charge is -2.09. The van der Waals surface area contributed by atoms with Gasteiger partial charge in [-0.2, -0.15) is 5.10 Å². The Hall–Kier alpha value is -3.97.